The molecule has 0 aromatic heterocycles. The highest BCUT2D eigenvalue weighted by Gasteiger charge is 2.62. The van der Waals surface area contributed by atoms with E-state index in [4.69, 9.17) is 0 Å². The molecule has 4 rings (SSSR count). The first-order valence-corrected chi connectivity index (χ1v) is 13.4. The number of carbonyl (C=O) groups is 2. The van der Waals surface area contributed by atoms with Crippen LogP contribution >= 0.6 is 11.8 Å². The first-order valence-electron chi connectivity index (χ1n) is 12.3. The van der Waals surface area contributed by atoms with Crippen molar-refractivity contribution in [3.63, 3.8) is 0 Å². The number of amides is 1. The van der Waals surface area contributed by atoms with Crippen LogP contribution in [0, 0.1) is 39.4 Å². The Kier molecular flexibility index (Phi) is 6.93. The number of Topliss-reactive ketones (excluding diaryl/α,β-unsaturated/α-hetero) is 1. The average Bonchev–Trinajstić information content (AvgIpc) is 3.07. The van der Waals surface area contributed by atoms with E-state index in [1.807, 2.05) is 5.32 Å². The Balaban J connectivity index is 1.35. The molecule has 8 atom stereocenters. The summed E-state index contributed by atoms with van der Waals surface area (Å²) in [6.45, 7) is 4.51. The molecule has 0 aromatic carbocycles. The molecule has 4 saturated carbocycles. The number of carbonyl (C=O) groups excluding carboxylic acids is 2. The number of ketones is 1. The first kappa shape index (κ1) is 25.0. The van der Waals surface area contributed by atoms with Crippen LogP contribution in [0.3, 0.4) is 0 Å². The molecular formula is C24H35F3N2O3S. The summed E-state index contributed by atoms with van der Waals surface area (Å²) in [5.41, 5.74) is -0.154. The number of hydrogen-bond acceptors (Lipinski definition) is 5. The zero-order valence-electron chi connectivity index (χ0n) is 19.5. The SMILES string of the molecule is C[C@]12CC[C@H](SCCCNC(=O)C(F)(F)F)CC1C(N=O)C[C@@H]1[C@@H]2CC[C@]2(C)C(=O)CC[C@@H]12. The van der Waals surface area contributed by atoms with Gasteiger partial charge in [0.05, 0.1) is 6.04 Å². The van der Waals surface area contributed by atoms with Crippen molar-refractivity contribution in [3.05, 3.63) is 4.91 Å². The smallest absolute Gasteiger partial charge is 0.348 e. The molecule has 33 heavy (non-hydrogen) atoms. The second kappa shape index (κ2) is 9.15. The molecule has 9 heteroatoms. The van der Waals surface area contributed by atoms with Crippen molar-refractivity contribution in [1.82, 2.24) is 5.32 Å². The summed E-state index contributed by atoms with van der Waals surface area (Å²) in [6.07, 6.45) is 3.06. The summed E-state index contributed by atoms with van der Waals surface area (Å²) < 4.78 is 36.8. The number of rotatable bonds is 6. The van der Waals surface area contributed by atoms with Gasteiger partial charge in [-0.05, 0) is 86.2 Å². The van der Waals surface area contributed by atoms with Gasteiger partial charge in [0.1, 0.15) is 5.78 Å². The monoisotopic (exact) mass is 488 g/mol. The summed E-state index contributed by atoms with van der Waals surface area (Å²) in [5, 5.41) is 5.90. The normalized spacial score (nSPS) is 42.8. The summed E-state index contributed by atoms with van der Waals surface area (Å²) >= 11 is 1.75. The van der Waals surface area contributed by atoms with Crippen LogP contribution in [0.2, 0.25) is 0 Å². The van der Waals surface area contributed by atoms with E-state index in [9.17, 15) is 27.7 Å². The summed E-state index contributed by atoms with van der Waals surface area (Å²) in [6, 6.07) is -0.219. The molecule has 186 valence electrons. The van der Waals surface area contributed by atoms with E-state index < -0.39 is 12.1 Å². The summed E-state index contributed by atoms with van der Waals surface area (Å²) in [5.74, 6) is 0.748. The van der Waals surface area contributed by atoms with Gasteiger partial charge in [-0.2, -0.15) is 29.8 Å². The molecule has 4 aliphatic carbocycles. The van der Waals surface area contributed by atoms with E-state index in [0.29, 0.717) is 47.4 Å². The highest BCUT2D eigenvalue weighted by molar-refractivity contribution is 7.99. The number of hydrogen-bond donors (Lipinski definition) is 1. The molecule has 1 N–H and O–H groups in total. The Labute approximate surface area is 197 Å². The standard InChI is InChI=1S/C24H35F3N2O3S/c1-22-8-6-14(33-11-3-10-28-21(31)24(25,26)27)12-18(22)19(29-32)13-15-16-4-5-20(30)23(16,2)9-7-17(15)22/h14-19H,3-13H2,1-2H3,(H,28,31)/t14-,15-,16-,17-,18?,19?,22+,23-/m0/s1. The Morgan fingerprint density at radius 3 is 2.58 bits per heavy atom. The fourth-order valence-corrected chi connectivity index (χ4v) is 9.20. The van der Waals surface area contributed by atoms with Crippen LogP contribution in [-0.2, 0) is 9.59 Å². The Hall–Kier alpha value is -1.12. The van der Waals surface area contributed by atoms with Crippen molar-refractivity contribution in [3.8, 4) is 0 Å². The van der Waals surface area contributed by atoms with Crippen LogP contribution in [0.25, 0.3) is 0 Å². The molecule has 0 bridgehead atoms. The Morgan fingerprint density at radius 1 is 1.12 bits per heavy atom. The van der Waals surface area contributed by atoms with E-state index in [1.54, 1.807) is 11.8 Å². The number of fused-ring (bicyclic) bond motifs is 5. The highest BCUT2D eigenvalue weighted by atomic mass is 32.2. The fourth-order valence-electron chi connectivity index (χ4n) is 7.93. The topological polar surface area (TPSA) is 75.6 Å². The second-order valence-electron chi connectivity index (χ2n) is 11.2. The maximum atomic E-state index is 12.6. The van der Waals surface area contributed by atoms with Crippen LogP contribution in [0.5, 0.6) is 0 Å². The fraction of sp³-hybridized carbons (Fsp3) is 0.917. The minimum Gasteiger partial charge on any atom is -0.348 e. The number of nitrogens with zero attached hydrogens (tertiary/aromatic N) is 1. The number of thioether (sulfide) groups is 1. The maximum absolute atomic E-state index is 12.6. The van der Waals surface area contributed by atoms with Gasteiger partial charge in [-0.15, -0.1) is 0 Å². The molecule has 4 aliphatic rings. The van der Waals surface area contributed by atoms with Gasteiger partial charge in [-0.25, -0.2) is 0 Å². The maximum Gasteiger partial charge on any atom is 0.471 e. The van der Waals surface area contributed by atoms with Crippen molar-refractivity contribution >= 4 is 23.5 Å². The zero-order valence-corrected chi connectivity index (χ0v) is 20.3. The molecule has 2 unspecified atom stereocenters. The van der Waals surface area contributed by atoms with E-state index in [1.165, 1.54) is 0 Å². The van der Waals surface area contributed by atoms with Crippen LogP contribution < -0.4 is 5.32 Å². The Morgan fingerprint density at radius 2 is 1.88 bits per heavy atom. The van der Waals surface area contributed by atoms with Crippen LogP contribution in [0.15, 0.2) is 5.18 Å². The lowest BCUT2D eigenvalue weighted by Crippen LogP contribution is -2.57. The molecule has 0 heterocycles. The van der Waals surface area contributed by atoms with Gasteiger partial charge in [-0.3, -0.25) is 9.59 Å². The third-order valence-corrected chi connectivity index (χ3v) is 11.1. The van der Waals surface area contributed by atoms with E-state index in [0.717, 1.165) is 44.9 Å². The van der Waals surface area contributed by atoms with Crippen molar-refractivity contribution in [1.29, 1.82) is 0 Å². The predicted molar refractivity (Wildman–Crippen MR) is 122 cm³/mol. The lowest BCUT2D eigenvalue weighted by atomic mass is 9.44. The summed E-state index contributed by atoms with van der Waals surface area (Å²) in [7, 11) is 0. The van der Waals surface area contributed by atoms with Gasteiger partial charge in [0.15, 0.2) is 0 Å². The van der Waals surface area contributed by atoms with Crippen LogP contribution in [-0.4, -0.2) is 41.5 Å². The van der Waals surface area contributed by atoms with Crippen molar-refractivity contribution in [2.45, 2.75) is 89.1 Å². The van der Waals surface area contributed by atoms with Gasteiger partial charge in [0.2, 0.25) is 0 Å². The van der Waals surface area contributed by atoms with E-state index in [2.05, 4.69) is 19.0 Å². The van der Waals surface area contributed by atoms with Crippen LogP contribution in [0.1, 0.15) is 71.6 Å². The van der Waals surface area contributed by atoms with Gasteiger partial charge in [0.25, 0.3) is 0 Å². The largest absolute Gasteiger partial charge is 0.471 e. The molecule has 0 radical (unpaired) electrons. The van der Waals surface area contributed by atoms with Crippen LogP contribution in [0.4, 0.5) is 13.2 Å². The van der Waals surface area contributed by atoms with Gasteiger partial charge in [-0.1, -0.05) is 19.0 Å². The van der Waals surface area contributed by atoms with Crippen molar-refractivity contribution in [2.75, 3.05) is 12.3 Å². The van der Waals surface area contributed by atoms with E-state index in [-0.39, 0.29) is 29.3 Å². The lowest BCUT2D eigenvalue weighted by Gasteiger charge is -2.61. The number of nitroso groups, excluding NO2 is 1. The number of alkyl halides is 3. The predicted octanol–water partition coefficient (Wildman–Crippen LogP) is 5.51. The quantitative estimate of drug-likeness (QED) is 0.395. The molecule has 0 aliphatic heterocycles. The molecule has 0 aromatic rings. The van der Waals surface area contributed by atoms with E-state index >= 15 is 0 Å². The van der Waals surface area contributed by atoms with Gasteiger partial charge in [0, 0.05) is 23.6 Å². The minimum atomic E-state index is -4.83. The highest BCUT2D eigenvalue weighted by Crippen LogP contribution is 2.66. The molecule has 0 spiro atoms. The second-order valence-corrected chi connectivity index (χ2v) is 12.6. The third kappa shape index (κ3) is 4.47. The van der Waals surface area contributed by atoms with Gasteiger partial charge >= 0.3 is 12.1 Å². The Bertz CT molecular complexity index is 793. The molecular weight excluding hydrogens is 453 g/mol. The minimum absolute atomic E-state index is 0.0142. The molecule has 1 amide bonds. The molecule has 4 fully saturated rings. The van der Waals surface area contributed by atoms with Gasteiger partial charge < -0.3 is 5.32 Å². The first-order chi connectivity index (χ1) is 15.5. The molecule has 5 nitrogen and oxygen atoms in total. The third-order valence-electron chi connectivity index (χ3n) is 9.69. The number of nitrogens with one attached hydrogen (secondary N) is 1. The molecule has 0 saturated heterocycles. The zero-order chi connectivity index (χ0) is 24.0. The average molecular weight is 489 g/mol. The lowest BCUT2D eigenvalue weighted by molar-refractivity contribution is -0.173. The summed E-state index contributed by atoms with van der Waals surface area (Å²) in [4.78, 5) is 35.5. The van der Waals surface area contributed by atoms with Crippen molar-refractivity contribution < 1.29 is 22.8 Å². The number of halogens is 3. The van der Waals surface area contributed by atoms with Crippen molar-refractivity contribution in [2.24, 2.45) is 39.7 Å².